The second kappa shape index (κ2) is 6.43. The number of carbonyl (C=O) groups excluding carboxylic acids is 1. The van der Waals surface area contributed by atoms with Crippen LogP contribution in [0.2, 0.25) is 0 Å². The fourth-order valence-corrected chi connectivity index (χ4v) is 3.69. The van der Waals surface area contributed by atoms with Gasteiger partial charge in [0.1, 0.15) is 19.0 Å². The quantitative estimate of drug-likeness (QED) is 0.858. The number of aromatic nitrogens is 1. The Balaban J connectivity index is 1.55. The van der Waals surface area contributed by atoms with E-state index in [-0.39, 0.29) is 11.9 Å². The first-order chi connectivity index (χ1) is 12.1. The van der Waals surface area contributed by atoms with Crippen molar-refractivity contribution in [2.75, 3.05) is 19.8 Å². The Bertz CT molecular complexity index is 779. The van der Waals surface area contributed by atoms with Gasteiger partial charge in [0.15, 0.2) is 11.5 Å². The third-order valence-electron chi connectivity index (χ3n) is 5.03. The third kappa shape index (κ3) is 2.97. The number of rotatable bonds is 3. The van der Waals surface area contributed by atoms with Crippen molar-refractivity contribution >= 4 is 5.91 Å². The number of ether oxygens (including phenoxy) is 2. The molecule has 3 heterocycles. The number of amides is 1. The number of carbonyl (C=O) groups is 1. The molecule has 1 amide bonds. The highest BCUT2D eigenvalue weighted by molar-refractivity contribution is 5.80. The molecule has 2 aliphatic rings. The van der Waals surface area contributed by atoms with Crippen LogP contribution in [0.5, 0.6) is 11.5 Å². The Labute approximate surface area is 146 Å². The SMILES string of the molecule is Cc1noc(C)c1CC(=O)N1CCC[C@@H]1c1ccc2c(c1)OCCO2. The van der Waals surface area contributed by atoms with Crippen LogP contribution in [-0.4, -0.2) is 35.7 Å². The van der Waals surface area contributed by atoms with Crippen molar-refractivity contribution in [1.29, 1.82) is 0 Å². The molecule has 4 rings (SSSR count). The average Bonchev–Trinajstić information content (AvgIpc) is 3.23. The predicted octanol–water partition coefficient (Wildman–Crippen LogP) is 2.97. The van der Waals surface area contributed by atoms with Crippen molar-refractivity contribution in [2.45, 2.75) is 39.2 Å². The number of hydrogen-bond acceptors (Lipinski definition) is 5. The summed E-state index contributed by atoms with van der Waals surface area (Å²) in [5.74, 6) is 2.39. The lowest BCUT2D eigenvalue weighted by molar-refractivity contribution is -0.131. The number of fused-ring (bicyclic) bond motifs is 1. The van der Waals surface area contributed by atoms with Gasteiger partial charge < -0.3 is 18.9 Å². The summed E-state index contributed by atoms with van der Waals surface area (Å²) in [5, 5.41) is 3.95. The topological polar surface area (TPSA) is 64.8 Å². The molecule has 1 aromatic heterocycles. The molecular weight excluding hydrogens is 320 g/mol. The molecule has 0 spiro atoms. The second-order valence-corrected chi connectivity index (χ2v) is 6.63. The van der Waals surface area contributed by atoms with Crippen molar-refractivity contribution < 1.29 is 18.8 Å². The number of nitrogens with zero attached hydrogens (tertiary/aromatic N) is 2. The minimum Gasteiger partial charge on any atom is -0.486 e. The number of aryl methyl sites for hydroxylation is 2. The number of hydrogen-bond donors (Lipinski definition) is 0. The van der Waals surface area contributed by atoms with Crippen LogP contribution in [0.4, 0.5) is 0 Å². The molecule has 2 aliphatic heterocycles. The van der Waals surface area contributed by atoms with Crippen LogP contribution >= 0.6 is 0 Å². The van der Waals surface area contributed by atoms with Gasteiger partial charge in [-0.2, -0.15) is 0 Å². The van der Waals surface area contributed by atoms with Crippen LogP contribution in [0.15, 0.2) is 22.7 Å². The number of benzene rings is 1. The van der Waals surface area contributed by atoms with Crippen LogP contribution in [-0.2, 0) is 11.2 Å². The summed E-state index contributed by atoms with van der Waals surface area (Å²) in [5.41, 5.74) is 2.80. The molecule has 132 valence electrons. The van der Waals surface area contributed by atoms with E-state index in [1.165, 1.54) is 0 Å². The molecule has 1 atom stereocenters. The van der Waals surface area contributed by atoms with Crippen molar-refractivity contribution in [1.82, 2.24) is 10.1 Å². The number of likely N-dealkylation sites (tertiary alicyclic amines) is 1. The van der Waals surface area contributed by atoms with E-state index in [0.29, 0.717) is 19.6 Å². The van der Waals surface area contributed by atoms with Crippen LogP contribution in [0.25, 0.3) is 0 Å². The van der Waals surface area contributed by atoms with Gasteiger partial charge >= 0.3 is 0 Å². The van der Waals surface area contributed by atoms with Crippen LogP contribution < -0.4 is 9.47 Å². The zero-order valence-electron chi connectivity index (χ0n) is 14.6. The van der Waals surface area contributed by atoms with Crippen LogP contribution in [0.1, 0.15) is 41.5 Å². The molecule has 1 fully saturated rings. The van der Waals surface area contributed by atoms with E-state index in [2.05, 4.69) is 5.16 Å². The minimum absolute atomic E-state index is 0.0869. The minimum atomic E-state index is 0.0869. The molecular formula is C19H22N2O4. The van der Waals surface area contributed by atoms with Gasteiger partial charge in [-0.3, -0.25) is 4.79 Å². The highest BCUT2D eigenvalue weighted by Gasteiger charge is 2.31. The maximum atomic E-state index is 12.9. The Hall–Kier alpha value is -2.50. The summed E-state index contributed by atoms with van der Waals surface area (Å²) in [6.45, 7) is 5.65. The highest BCUT2D eigenvalue weighted by atomic mass is 16.6. The molecule has 0 bridgehead atoms. The fourth-order valence-electron chi connectivity index (χ4n) is 3.69. The normalized spacial score (nSPS) is 19.3. The van der Waals surface area contributed by atoms with Gasteiger partial charge in [-0.05, 0) is 44.4 Å². The Morgan fingerprint density at radius 3 is 2.80 bits per heavy atom. The second-order valence-electron chi connectivity index (χ2n) is 6.63. The fraction of sp³-hybridized carbons (Fsp3) is 0.474. The average molecular weight is 342 g/mol. The first-order valence-electron chi connectivity index (χ1n) is 8.74. The van der Waals surface area contributed by atoms with E-state index >= 15 is 0 Å². The summed E-state index contributed by atoms with van der Waals surface area (Å²) >= 11 is 0. The zero-order valence-corrected chi connectivity index (χ0v) is 14.6. The zero-order chi connectivity index (χ0) is 17.4. The van der Waals surface area contributed by atoms with Gasteiger partial charge in [0.2, 0.25) is 5.91 Å². The smallest absolute Gasteiger partial charge is 0.227 e. The van der Waals surface area contributed by atoms with Crippen LogP contribution in [0.3, 0.4) is 0 Å². The van der Waals surface area contributed by atoms with Gasteiger partial charge in [-0.1, -0.05) is 11.2 Å². The van der Waals surface area contributed by atoms with Crippen molar-refractivity contribution in [3.8, 4) is 11.5 Å². The van der Waals surface area contributed by atoms with Crippen molar-refractivity contribution in [3.05, 3.63) is 40.8 Å². The van der Waals surface area contributed by atoms with Gasteiger partial charge in [0.25, 0.3) is 0 Å². The molecule has 0 saturated carbocycles. The van der Waals surface area contributed by atoms with E-state index in [9.17, 15) is 4.79 Å². The molecule has 6 heteroatoms. The predicted molar refractivity (Wildman–Crippen MR) is 90.8 cm³/mol. The molecule has 0 radical (unpaired) electrons. The maximum Gasteiger partial charge on any atom is 0.227 e. The third-order valence-corrected chi connectivity index (χ3v) is 5.03. The van der Waals surface area contributed by atoms with Crippen molar-refractivity contribution in [2.24, 2.45) is 0 Å². The van der Waals surface area contributed by atoms with Crippen molar-refractivity contribution in [3.63, 3.8) is 0 Å². The lowest BCUT2D eigenvalue weighted by Crippen LogP contribution is -2.32. The molecule has 0 N–H and O–H groups in total. The van der Waals surface area contributed by atoms with Gasteiger partial charge in [-0.15, -0.1) is 0 Å². The Morgan fingerprint density at radius 2 is 2.04 bits per heavy atom. The summed E-state index contributed by atoms with van der Waals surface area (Å²) in [4.78, 5) is 14.9. The summed E-state index contributed by atoms with van der Waals surface area (Å²) < 4.78 is 16.5. The molecule has 0 unspecified atom stereocenters. The Kier molecular flexibility index (Phi) is 4.11. The largest absolute Gasteiger partial charge is 0.486 e. The highest BCUT2D eigenvalue weighted by Crippen LogP contribution is 2.38. The first-order valence-corrected chi connectivity index (χ1v) is 8.74. The first kappa shape index (κ1) is 16.0. The van der Waals surface area contributed by atoms with E-state index in [1.807, 2.05) is 36.9 Å². The molecule has 1 saturated heterocycles. The van der Waals surface area contributed by atoms with E-state index in [0.717, 1.165) is 53.5 Å². The standard InChI is InChI=1S/C19H22N2O4/c1-12-15(13(2)25-20-12)11-19(22)21-7-3-4-16(21)14-5-6-17-18(10-14)24-9-8-23-17/h5-6,10,16H,3-4,7-9,11H2,1-2H3/t16-/m1/s1. The molecule has 0 aliphatic carbocycles. The van der Waals surface area contributed by atoms with Crippen LogP contribution in [0, 0.1) is 13.8 Å². The maximum absolute atomic E-state index is 12.9. The molecule has 2 aromatic rings. The lowest BCUT2D eigenvalue weighted by Gasteiger charge is -2.27. The van der Waals surface area contributed by atoms with E-state index in [4.69, 9.17) is 14.0 Å². The molecule has 1 aromatic carbocycles. The van der Waals surface area contributed by atoms with Gasteiger partial charge in [-0.25, -0.2) is 0 Å². The summed E-state index contributed by atoms with van der Waals surface area (Å²) in [7, 11) is 0. The van der Waals surface area contributed by atoms with E-state index < -0.39 is 0 Å². The van der Waals surface area contributed by atoms with Gasteiger partial charge in [0.05, 0.1) is 18.2 Å². The molecule has 25 heavy (non-hydrogen) atoms. The summed E-state index contributed by atoms with van der Waals surface area (Å²) in [6.07, 6.45) is 2.31. The lowest BCUT2D eigenvalue weighted by atomic mass is 10.0. The monoisotopic (exact) mass is 342 g/mol. The van der Waals surface area contributed by atoms with Gasteiger partial charge in [0, 0.05) is 12.1 Å². The molecule has 6 nitrogen and oxygen atoms in total. The van der Waals surface area contributed by atoms with E-state index in [1.54, 1.807) is 0 Å². The summed E-state index contributed by atoms with van der Waals surface area (Å²) in [6, 6.07) is 6.09. The Morgan fingerprint density at radius 1 is 1.24 bits per heavy atom.